The van der Waals surface area contributed by atoms with Gasteiger partial charge in [0.15, 0.2) is 5.78 Å². The highest BCUT2D eigenvalue weighted by atomic mass is 16.5. The molecule has 0 heterocycles. The van der Waals surface area contributed by atoms with Gasteiger partial charge in [0.1, 0.15) is 25.9 Å². The van der Waals surface area contributed by atoms with Crippen LogP contribution in [0.1, 0.15) is 43.7 Å². The SMILES string of the molecule is CC(=O)C(CCC(=O)NC(CCC(=O)OCc1ccccc1)C(=O)OCc1ccccc1)NC(=O)COCCOCCN. The molecule has 0 spiro atoms. The Morgan fingerprint density at radius 3 is 1.86 bits per heavy atom. The summed E-state index contributed by atoms with van der Waals surface area (Å²) >= 11 is 0. The van der Waals surface area contributed by atoms with Gasteiger partial charge in [0.2, 0.25) is 11.8 Å². The van der Waals surface area contributed by atoms with Gasteiger partial charge in [-0.25, -0.2) is 4.79 Å². The molecular weight excluding hydrogens is 558 g/mol. The molecule has 2 unspecified atom stereocenters. The zero-order valence-electron chi connectivity index (χ0n) is 24.5. The molecule has 12 nitrogen and oxygen atoms in total. The third-order valence-corrected chi connectivity index (χ3v) is 6.08. The van der Waals surface area contributed by atoms with Crippen molar-refractivity contribution in [3.8, 4) is 0 Å². The fraction of sp³-hybridized carbons (Fsp3) is 0.452. The van der Waals surface area contributed by atoms with Crippen molar-refractivity contribution in [1.82, 2.24) is 10.6 Å². The van der Waals surface area contributed by atoms with Gasteiger partial charge in [0.05, 0.1) is 25.9 Å². The van der Waals surface area contributed by atoms with Crippen LogP contribution in [0.2, 0.25) is 0 Å². The van der Waals surface area contributed by atoms with Crippen molar-refractivity contribution < 1.29 is 42.9 Å². The quantitative estimate of drug-likeness (QED) is 0.141. The van der Waals surface area contributed by atoms with Crippen LogP contribution in [0.25, 0.3) is 0 Å². The minimum atomic E-state index is -1.12. The lowest BCUT2D eigenvalue weighted by Gasteiger charge is -2.19. The number of carbonyl (C=O) groups is 5. The van der Waals surface area contributed by atoms with E-state index in [0.29, 0.717) is 13.2 Å². The average Bonchev–Trinajstić information content (AvgIpc) is 3.01. The Hall–Kier alpha value is -4.13. The van der Waals surface area contributed by atoms with Gasteiger partial charge in [0, 0.05) is 19.4 Å². The third kappa shape index (κ3) is 15.6. The van der Waals surface area contributed by atoms with Crippen LogP contribution in [0.3, 0.4) is 0 Å². The van der Waals surface area contributed by atoms with Crippen LogP contribution in [-0.4, -0.2) is 74.6 Å². The second-order valence-corrected chi connectivity index (χ2v) is 9.62. The van der Waals surface area contributed by atoms with Gasteiger partial charge >= 0.3 is 11.9 Å². The second-order valence-electron chi connectivity index (χ2n) is 9.62. The van der Waals surface area contributed by atoms with E-state index in [2.05, 4.69) is 10.6 Å². The largest absolute Gasteiger partial charge is 0.461 e. The van der Waals surface area contributed by atoms with Crippen molar-refractivity contribution in [1.29, 1.82) is 0 Å². The summed E-state index contributed by atoms with van der Waals surface area (Å²) in [5.74, 6) is -2.65. The van der Waals surface area contributed by atoms with Gasteiger partial charge in [-0.3, -0.25) is 19.2 Å². The molecule has 2 amide bonds. The van der Waals surface area contributed by atoms with Crippen LogP contribution >= 0.6 is 0 Å². The first kappa shape index (κ1) is 35.1. The summed E-state index contributed by atoms with van der Waals surface area (Å²) in [4.78, 5) is 62.3. The molecule has 0 aliphatic rings. The summed E-state index contributed by atoms with van der Waals surface area (Å²) < 4.78 is 21.0. The number of Topliss-reactive ketones (excluding diaryl/α,β-unsaturated/α-hetero) is 1. The Morgan fingerprint density at radius 1 is 0.698 bits per heavy atom. The number of benzene rings is 2. The van der Waals surface area contributed by atoms with Gasteiger partial charge in [-0.05, 0) is 30.9 Å². The number of ether oxygens (including phenoxy) is 4. The van der Waals surface area contributed by atoms with E-state index in [0.717, 1.165) is 11.1 Å². The Balaban J connectivity index is 1.88. The highest BCUT2D eigenvalue weighted by Gasteiger charge is 2.25. The topological polar surface area (TPSA) is 172 Å². The standard InChI is InChI=1S/C31H41N3O9/c1-23(35)26(33-29(37)22-41-19-18-40-17-16-32)12-14-28(36)34-27(31(39)43-21-25-10-6-3-7-11-25)13-15-30(38)42-20-24-8-4-2-5-9-24/h2-11,26-27H,12-22,32H2,1H3,(H,33,37)(H,34,36). The van der Waals surface area contributed by atoms with Crippen LogP contribution in [0.4, 0.5) is 0 Å². The van der Waals surface area contributed by atoms with Crippen LogP contribution in [0.5, 0.6) is 0 Å². The Morgan fingerprint density at radius 2 is 1.26 bits per heavy atom. The van der Waals surface area contributed by atoms with Crippen molar-refractivity contribution in [3.05, 3.63) is 71.8 Å². The number of hydrogen-bond acceptors (Lipinski definition) is 10. The summed E-state index contributed by atoms with van der Waals surface area (Å²) in [6.45, 7) is 2.32. The first-order valence-electron chi connectivity index (χ1n) is 14.1. The summed E-state index contributed by atoms with van der Waals surface area (Å²) in [6.07, 6.45) is -0.357. The molecule has 0 radical (unpaired) electrons. The molecule has 2 rings (SSSR count). The van der Waals surface area contributed by atoms with Crippen LogP contribution in [-0.2, 0) is 56.1 Å². The molecule has 0 bridgehead atoms. The van der Waals surface area contributed by atoms with Gasteiger partial charge in [-0.1, -0.05) is 60.7 Å². The second kappa shape index (κ2) is 20.7. The Bertz CT molecular complexity index is 1150. The lowest BCUT2D eigenvalue weighted by molar-refractivity contribution is -0.150. The molecule has 0 saturated heterocycles. The molecule has 2 atom stereocenters. The summed E-state index contributed by atoms with van der Waals surface area (Å²) in [5, 5.41) is 5.14. The molecule has 2 aromatic rings. The number of hydrogen-bond donors (Lipinski definition) is 3. The molecule has 0 aromatic heterocycles. The van der Waals surface area contributed by atoms with Gasteiger partial charge in [-0.15, -0.1) is 0 Å². The lowest BCUT2D eigenvalue weighted by atomic mass is 10.1. The zero-order valence-corrected chi connectivity index (χ0v) is 24.5. The first-order chi connectivity index (χ1) is 20.8. The molecule has 4 N–H and O–H groups in total. The summed E-state index contributed by atoms with van der Waals surface area (Å²) in [7, 11) is 0. The van der Waals surface area contributed by atoms with E-state index in [1.54, 1.807) is 24.3 Å². The molecule has 234 valence electrons. The highest BCUT2D eigenvalue weighted by molar-refractivity contribution is 5.89. The molecule has 2 aromatic carbocycles. The third-order valence-electron chi connectivity index (χ3n) is 6.08. The number of carbonyl (C=O) groups excluding carboxylic acids is 5. The van der Waals surface area contributed by atoms with E-state index < -0.39 is 35.8 Å². The van der Waals surface area contributed by atoms with Crippen molar-refractivity contribution in [3.63, 3.8) is 0 Å². The molecule has 0 saturated carbocycles. The van der Waals surface area contributed by atoms with Crippen LogP contribution in [0, 0.1) is 0 Å². The maximum atomic E-state index is 12.9. The van der Waals surface area contributed by atoms with E-state index in [1.807, 2.05) is 36.4 Å². The lowest BCUT2D eigenvalue weighted by Crippen LogP contribution is -2.44. The van der Waals surface area contributed by atoms with E-state index in [4.69, 9.17) is 24.7 Å². The Kier molecular flexibility index (Phi) is 16.9. The number of ketones is 1. The number of amides is 2. The minimum absolute atomic E-state index is 0.00256. The van der Waals surface area contributed by atoms with Crippen LogP contribution < -0.4 is 16.4 Å². The van der Waals surface area contributed by atoms with Crippen molar-refractivity contribution in [2.45, 2.75) is 57.9 Å². The van der Waals surface area contributed by atoms with E-state index in [-0.39, 0.29) is 64.5 Å². The van der Waals surface area contributed by atoms with Crippen LogP contribution in [0.15, 0.2) is 60.7 Å². The minimum Gasteiger partial charge on any atom is -0.461 e. The number of rotatable bonds is 21. The smallest absolute Gasteiger partial charge is 0.328 e. The molecule has 43 heavy (non-hydrogen) atoms. The predicted molar refractivity (Wildman–Crippen MR) is 156 cm³/mol. The molecule has 0 fully saturated rings. The van der Waals surface area contributed by atoms with Gasteiger partial charge in [-0.2, -0.15) is 0 Å². The van der Waals surface area contributed by atoms with Crippen molar-refractivity contribution >= 4 is 29.5 Å². The van der Waals surface area contributed by atoms with E-state index in [9.17, 15) is 24.0 Å². The number of nitrogens with two attached hydrogens (primary N) is 1. The van der Waals surface area contributed by atoms with E-state index >= 15 is 0 Å². The van der Waals surface area contributed by atoms with Gasteiger partial charge < -0.3 is 35.3 Å². The molecule has 12 heteroatoms. The number of nitrogens with one attached hydrogen (secondary N) is 2. The van der Waals surface area contributed by atoms with Crippen molar-refractivity contribution in [2.24, 2.45) is 5.73 Å². The maximum absolute atomic E-state index is 12.9. The summed E-state index contributed by atoms with van der Waals surface area (Å²) in [6, 6.07) is 16.1. The number of esters is 2. The van der Waals surface area contributed by atoms with E-state index in [1.165, 1.54) is 6.92 Å². The molecular formula is C31H41N3O9. The zero-order chi connectivity index (χ0) is 31.3. The fourth-order valence-corrected chi connectivity index (χ4v) is 3.77. The fourth-order valence-electron chi connectivity index (χ4n) is 3.77. The highest BCUT2D eigenvalue weighted by Crippen LogP contribution is 2.09. The first-order valence-corrected chi connectivity index (χ1v) is 14.1. The maximum Gasteiger partial charge on any atom is 0.328 e. The monoisotopic (exact) mass is 599 g/mol. The molecule has 0 aliphatic heterocycles. The molecule has 0 aliphatic carbocycles. The average molecular weight is 600 g/mol. The van der Waals surface area contributed by atoms with Crippen molar-refractivity contribution in [2.75, 3.05) is 33.0 Å². The van der Waals surface area contributed by atoms with Gasteiger partial charge in [0.25, 0.3) is 0 Å². The predicted octanol–water partition coefficient (Wildman–Crippen LogP) is 1.58. The normalized spacial score (nSPS) is 12.0. The summed E-state index contributed by atoms with van der Waals surface area (Å²) in [5.41, 5.74) is 6.90. The Labute approximate surface area is 251 Å².